The highest BCUT2D eigenvalue weighted by Gasteiger charge is 2.20. The summed E-state index contributed by atoms with van der Waals surface area (Å²) in [6, 6.07) is 8.42. The minimum absolute atomic E-state index is 0.415. The molecule has 1 aliphatic heterocycles. The van der Waals surface area contributed by atoms with Gasteiger partial charge >= 0.3 is 0 Å². The number of hydrogen-bond acceptors (Lipinski definition) is 5. The van der Waals surface area contributed by atoms with Gasteiger partial charge in [0.2, 0.25) is 5.95 Å². The Morgan fingerprint density at radius 1 is 1.27 bits per heavy atom. The lowest BCUT2D eigenvalue weighted by atomic mass is 10.0. The Hall–Kier alpha value is -3.38. The zero-order valence-corrected chi connectivity index (χ0v) is 14.4. The van der Waals surface area contributed by atoms with Gasteiger partial charge in [0, 0.05) is 19.3 Å². The second-order valence-corrected chi connectivity index (χ2v) is 5.73. The number of allylic oxidation sites excluding steroid dienone is 1. The molecule has 3 rings (SSSR count). The monoisotopic (exact) mass is 348 g/mol. The van der Waals surface area contributed by atoms with E-state index in [1.165, 1.54) is 11.6 Å². The lowest BCUT2D eigenvalue weighted by molar-refractivity contribution is 0.412. The second kappa shape index (κ2) is 8.13. The van der Waals surface area contributed by atoms with Gasteiger partial charge in [-0.1, -0.05) is 17.6 Å². The van der Waals surface area contributed by atoms with Crippen LogP contribution in [0.5, 0.6) is 5.75 Å². The quantitative estimate of drug-likeness (QED) is 0.616. The van der Waals surface area contributed by atoms with E-state index in [4.69, 9.17) is 4.74 Å². The zero-order valence-electron chi connectivity index (χ0n) is 14.4. The average Bonchev–Trinajstić information content (AvgIpc) is 2.68. The molecule has 0 bridgehead atoms. The molecule has 2 aromatic rings. The first-order valence-electron chi connectivity index (χ1n) is 8.21. The molecule has 2 aromatic heterocycles. The fourth-order valence-corrected chi connectivity index (χ4v) is 2.79. The lowest BCUT2D eigenvalue weighted by Gasteiger charge is -2.30. The third-order valence-corrected chi connectivity index (χ3v) is 4.12. The first-order valence-corrected chi connectivity index (χ1v) is 8.21. The van der Waals surface area contributed by atoms with E-state index in [1.807, 2.05) is 6.08 Å². The van der Waals surface area contributed by atoms with E-state index in [2.05, 4.69) is 32.8 Å². The van der Waals surface area contributed by atoms with Crippen LogP contribution in [-0.4, -0.2) is 30.2 Å². The summed E-state index contributed by atoms with van der Waals surface area (Å²) in [6.07, 6.45) is 5.18. The van der Waals surface area contributed by atoms with Crippen molar-refractivity contribution in [2.75, 3.05) is 25.1 Å². The minimum Gasteiger partial charge on any atom is -0.495 e. The number of nitrogens with zero attached hydrogens (tertiary/aromatic N) is 4. The Balaban J connectivity index is 1.68. The van der Waals surface area contributed by atoms with Crippen LogP contribution in [0.4, 0.5) is 10.2 Å². The highest BCUT2D eigenvalue weighted by molar-refractivity contribution is 5.60. The van der Waals surface area contributed by atoms with Crippen LogP contribution in [0.2, 0.25) is 0 Å². The zero-order chi connectivity index (χ0) is 18.4. The molecule has 1 aliphatic rings. The Bertz CT molecular complexity index is 927. The number of hydrogen-bond donors (Lipinski definition) is 0. The van der Waals surface area contributed by atoms with Gasteiger partial charge in [0.25, 0.3) is 0 Å². The van der Waals surface area contributed by atoms with Crippen molar-refractivity contribution in [2.24, 2.45) is 0 Å². The molecule has 6 heteroatoms. The molecule has 0 aliphatic carbocycles. The summed E-state index contributed by atoms with van der Waals surface area (Å²) >= 11 is 0. The summed E-state index contributed by atoms with van der Waals surface area (Å²) in [6.45, 7) is 1.50. The Morgan fingerprint density at radius 2 is 2.08 bits per heavy atom. The summed E-state index contributed by atoms with van der Waals surface area (Å²) in [5, 5.41) is 9.40. The van der Waals surface area contributed by atoms with Crippen molar-refractivity contribution in [1.82, 2.24) is 9.97 Å². The van der Waals surface area contributed by atoms with Crippen LogP contribution in [0.25, 0.3) is 0 Å². The van der Waals surface area contributed by atoms with Crippen LogP contribution in [0.1, 0.15) is 24.1 Å². The molecule has 0 amide bonds. The summed E-state index contributed by atoms with van der Waals surface area (Å²) in [5.74, 6) is 6.45. The van der Waals surface area contributed by atoms with Crippen LogP contribution >= 0.6 is 0 Å². The molecule has 130 valence electrons. The fraction of sp³-hybridized carbons (Fsp3) is 0.250. The van der Waals surface area contributed by atoms with Gasteiger partial charge in [-0.2, -0.15) is 9.65 Å². The molecule has 0 atom stereocenters. The molecular formula is C20H17FN4O. The summed E-state index contributed by atoms with van der Waals surface area (Å²) in [5.41, 5.74) is 2.09. The molecular weight excluding hydrogens is 331 g/mol. The molecule has 1 saturated heterocycles. The third-order valence-electron chi connectivity index (χ3n) is 4.12. The molecule has 0 spiro atoms. The van der Waals surface area contributed by atoms with Crippen LogP contribution in [0, 0.1) is 29.1 Å². The van der Waals surface area contributed by atoms with Gasteiger partial charge in [0.1, 0.15) is 28.9 Å². The van der Waals surface area contributed by atoms with Crippen LogP contribution in [0.3, 0.4) is 0 Å². The van der Waals surface area contributed by atoms with Crippen molar-refractivity contribution in [3.63, 3.8) is 0 Å². The highest BCUT2D eigenvalue weighted by atomic mass is 19.1. The Morgan fingerprint density at radius 3 is 2.77 bits per heavy atom. The number of pyridine rings is 2. The number of nitriles is 1. The third kappa shape index (κ3) is 3.99. The fourth-order valence-electron chi connectivity index (χ4n) is 2.79. The van der Waals surface area contributed by atoms with Crippen LogP contribution < -0.4 is 9.64 Å². The SMILES string of the molecule is COc1ccnc(N2CCC(=CC#Cc3cccc(F)n3)CC2)c1C#N. The van der Waals surface area contributed by atoms with Gasteiger partial charge in [0.15, 0.2) is 0 Å². The van der Waals surface area contributed by atoms with E-state index in [0.29, 0.717) is 22.8 Å². The number of anilines is 1. The van der Waals surface area contributed by atoms with Gasteiger partial charge in [0.05, 0.1) is 7.11 Å². The number of piperidine rings is 1. The average molecular weight is 348 g/mol. The number of ether oxygens (including phenoxy) is 1. The van der Waals surface area contributed by atoms with E-state index in [9.17, 15) is 9.65 Å². The predicted octanol–water partition coefficient (Wildman–Crippen LogP) is 3.07. The maximum absolute atomic E-state index is 13.0. The molecule has 0 N–H and O–H groups in total. The van der Waals surface area contributed by atoms with Gasteiger partial charge < -0.3 is 9.64 Å². The molecule has 3 heterocycles. The first-order chi connectivity index (χ1) is 12.7. The lowest BCUT2D eigenvalue weighted by Crippen LogP contribution is -2.32. The minimum atomic E-state index is -0.531. The standard InChI is InChI=1S/C20H17FN4O/c1-26-18-8-11-23-20(17(18)14-22)25-12-9-15(10-13-25)4-2-5-16-6-3-7-19(21)24-16/h3-4,6-8,11H,9-10,12-13H2,1H3. The molecule has 5 nitrogen and oxygen atoms in total. The molecule has 0 saturated carbocycles. The van der Waals surface area contributed by atoms with Crippen LogP contribution in [0.15, 0.2) is 42.1 Å². The number of rotatable bonds is 2. The maximum Gasteiger partial charge on any atom is 0.214 e. The molecule has 26 heavy (non-hydrogen) atoms. The number of methoxy groups -OCH3 is 1. The highest BCUT2D eigenvalue weighted by Crippen LogP contribution is 2.29. The largest absolute Gasteiger partial charge is 0.495 e. The first kappa shape index (κ1) is 17.4. The number of halogens is 1. The van der Waals surface area contributed by atoms with Crippen molar-refractivity contribution >= 4 is 5.82 Å². The van der Waals surface area contributed by atoms with E-state index in [0.717, 1.165) is 25.9 Å². The van der Waals surface area contributed by atoms with E-state index in [-0.39, 0.29) is 0 Å². The van der Waals surface area contributed by atoms with Gasteiger partial charge in [-0.05, 0) is 43.0 Å². The Kier molecular flexibility index (Phi) is 5.46. The number of aromatic nitrogens is 2. The second-order valence-electron chi connectivity index (χ2n) is 5.73. The molecule has 0 unspecified atom stereocenters. The summed E-state index contributed by atoms with van der Waals surface area (Å²) < 4.78 is 18.3. The van der Waals surface area contributed by atoms with Gasteiger partial charge in [-0.15, -0.1) is 0 Å². The van der Waals surface area contributed by atoms with E-state index < -0.39 is 5.95 Å². The topological polar surface area (TPSA) is 62.0 Å². The van der Waals surface area contributed by atoms with Crippen molar-refractivity contribution in [3.05, 3.63) is 59.3 Å². The summed E-state index contributed by atoms with van der Waals surface area (Å²) in [4.78, 5) is 10.1. The molecule has 0 radical (unpaired) electrons. The summed E-state index contributed by atoms with van der Waals surface area (Å²) in [7, 11) is 1.54. The van der Waals surface area contributed by atoms with Crippen molar-refractivity contribution in [3.8, 4) is 23.7 Å². The Labute approximate surface area is 151 Å². The molecule has 0 aromatic carbocycles. The van der Waals surface area contributed by atoms with Crippen molar-refractivity contribution < 1.29 is 9.13 Å². The predicted molar refractivity (Wildman–Crippen MR) is 96.1 cm³/mol. The van der Waals surface area contributed by atoms with Crippen molar-refractivity contribution in [2.45, 2.75) is 12.8 Å². The normalized spacial score (nSPS) is 13.4. The maximum atomic E-state index is 13.0. The van der Waals surface area contributed by atoms with Crippen LogP contribution in [-0.2, 0) is 0 Å². The van der Waals surface area contributed by atoms with E-state index >= 15 is 0 Å². The smallest absolute Gasteiger partial charge is 0.214 e. The van der Waals surface area contributed by atoms with Gasteiger partial charge in [-0.3, -0.25) is 0 Å². The van der Waals surface area contributed by atoms with Gasteiger partial charge in [-0.25, -0.2) is 9.97 Å². The molecule has 1 fully saturated rings. The van der Waals surface area contributed by atoms with E-state index in [1.54, 1.807) is 31.5 Å². The van der Waals surface area contributed by atoms with Crippen molar-refractivity contribution in [1.29, 1.82) is 5.26 Å².